The highest BCUT2D eigenvalue weighted by Crippen LogP contribution is 2.28. The van der Waals surface area contributed by atoms with E-state index in [2.05, 4.69) is 0 Å². The summed E-state index contributed by atoms with van der Waals surface area (Å²) in [7, 11) is 0. The molecule has 0 spiro atoms. The molecule has 1 rings (SSSR count). The van der Waals surface area contributed by atoms with Crippen molar-refractivity contribution in [3.05, 3.63) is 34.9 Å². The van der Waals surface area contributed by atoms with Crippen LogP contribution in [0.15, 0.2) is 24.3 Å². The van der Waals surface area contributed by atoms with Gasteiger partial charge in [-0.15, -0.1) is 0 Å². The van der Waals surface area contributed by atoms with Crippen LogP contribution in [0.3, 0.4) is 0 Å². The van der Waals surface area contributed by atoms with Gasteiger partial charge in [0.1, 0.15) is 0 Å². The van der Waals surface area contributed by atoms with E-state index in [0.717, 1.165) is 0 Å². The lowest BCUT2D eigenvalue weighted by atomic mass is 10.0. The van der Waals surface area contributed by atoms with Crippen molar-refractivity contribution in [2.75, 3.05) is 0 Å². The minimum absolute atomic E-state index is 0.218. The Morgan fingerprint density at radius 3 is 2.41 bits per heavy atom. The van der Waals surface area contributed by atoms with Crippen LogP contribution in [0.4, 0.5) is 0 Å². The molecule has 0 aliphatic rings. The maximum Gasteiger partial charge on any atom is 0.331 e. The van der Waals surface area contributed by atoms with Crippen molar-refractivity contribution in [3.63, 3.8) is 0 Å². The summed E-state index contributed by atoms with van der Waals surface area (Å²) in [4.78, 5) is 23.5. The number of carboxylic acids is 1. The van der Waals surface area contributed by atoms with Crippen LogP contribution in [0.25, 0.3) is 0 Å². The molecule has 0 fully saturated rings. The van der Waals surface area contributed by atoms with Crippen LogP contribution in [0, 0.1) is 0 Å². The van der Waals surface area contributed by atoms with Gasteiger partial charge in [0.2, 0.25) is 6.41 Å². The van der Waals surface area contributed by atoms with Gasteiger partial charge in [0.25, 0.3) is 0 Å². The van der Waals surface area contributed by atoms with Gasteiger partial charge in [-0.25, -0.2) is 4.79 Å². The highest BCUT2D eigenvalue weighted by molar-refractivity contribution is 6.31. The Morgan fingerprint density at radius 1 is 1.41 bits per heavy atom. The second-order valence-corrected chi connectivity index (χ2v) is 4.32. The number of hydrogen-bond donors (Lipinski definition) is 1. The Bertz CT molecular complexity index is 420. The second kappa shape index (κ2) is 5.68. The molecule has 17 heavy (non-hydrogen) atoms. The third-order valence-corrected chi connectivity index (χ3v) is 2.79. The number of carbonyl (C=O) groups is 2. The summed E-state index contributed by atoms with van der Waals surface area (Å²) >= 11 is 5.96. The first-order chi connectivity index (χ1) is 7.99. The summed E-state index contributed by atoms with van der Waals surface area (Å²) in [6.07, 6.45) is 0.535. The SMILES string of the molecule is CC(C)N(C=O)C(C(=O)O)c1ccccc1Cl. The lowest BCUT2D eigenvalue weighted by Gasteiger charge is -2.29. The highest BCUT2D eigenvalue weighted by Gasteiger charge is 2.29. The van der Waals surface area contributed by atoms with Crippen LogP contribution in [-0.4, -0.2) is 28.4 Å². The highest BCUT2D eigenvalue weighted by atomic mass is 35.5. The molecule has 0 saturated carbocycles. The molecule has 1 N–H and O–H groups in total. The Labute approximate surface area is 105 Å². The first kappa shape index (κ1) is 13.5. The third-order valence-electron chi connectivity index (χ3n) is 2.45. The molecule has 0 heterocycles. The fourth-order valence-corrected chi connectivity index (χ4v) is 1.84. The summed E-state index contributed by atoms with van der Waals surface area (Å²) in [6, 6.07) is 5.35. The zero-order chi connectivity index (χ0) is 13.0. The maximum atomic E-state index is 11.3. The molecule has 0 aromatic heterocycles. The van der Waals surface area contributed by atoms with E-state index in [0.29, 0.717) is 17.0 Å². The number of rotatable bonds is 5. The van der Waals surface area contributed by atoms with Crippen molar-refractivity contribution in [3.8, 4) is 0 Å². The van der Waals surface area contributed by atoms with E-state index in [1.54, 1.807) is 38.1 Å². The Morgan fingerprint density at radius 2 is 2.00 bits per heavy atom. The minimum atomic E-state index is -1.10. The van der Waals surface area contributed by atoms with Gasteiger partial charge in [-0.05, 0) is 19.9 Å². The van der Waals surface area contributed by atoms with Crippen molar-refractivity contribution in [2.45, 2.75) is 25.9 Å². The Hall–Kier alpha value is -1.55. The molecule has 0 radical (unpaired) electrons. The molecule has 5 heteroatoms. The summed E-state index contributed by atoms with van der Waals surface area (Å²) < 4.78 is 0. The largest absolute Gasteiger partial charge is 0.479 e. The number of carboxylic acid groups (broad SMARTS) is 1. The normalized spacial score (nSPS) is 12.2. The van der Waals surface area contributed by atoms with E-state index in [-0.39, 0.29) is 6.04 Å². The summed E-state index contributed by atoms with van der Waals surface area (Å²) in [6.45, 7) is 3.50. The van der Waals surface area contributed by atoms with E-state index >= 15 is 0 Å². The molecule has 0 bridgehead atoms. The number of aliphatic carboxylic acids is 1. The van der Waals surface area contributed by atoms with Gasteiger partial charge < -0.3 is 10.0 Å². The van der Waals surface area contributed by atoms with Gasteiger partial charge in [0.05, 0.1) is 0 Å². The maximum absolute atomic E-state index is 11.3. The van der Waals surface area contributed by atoms with Crippen molar-refractivity contribution >= 4 is 24.0 Å². The number of halogens is 1. The molecule has 1 aromatic rings. The molecule has 1 unspecified atom stereocenters. The zero-order valence-electron chi connectivity index (χ0n) is 9.63. The summed E-state index contributed by atoms with van der Waals surface area (Å²) in [5.74, 6) is -1.10. The Balaban J connectivity index is 3.22. The fourth-order valence-electron chi connectivity index (χ4n) is 1.60. The number of amides is 1. The summed E-state index contributed by atoms with van der Waals surface area (Å²) in [5.41, 5.74) is 0.419. The first-order valence-electron chi connectivity index (χ1n) is 5.19. The van der Waals surface area contributed by atoms with Crippen LogP contribution in [0.2, 0.25) is 5.02 Å². The van der Waals surface area contributed by atoms with Gasteiger partial charge in [-0.2, -0.15) is 0 Å². The predicted molar refractivity (Wildman–Crippen MR) is 64.9 cm³/mol. The average Bonchev–Trinajstić information content (AvgIpc) is 2.26. The lowest BCUT2D eigenvalue weighted by Crippen LogP contribution is -2.38. The van der Waals surface area contributed by atoms with Gasteiger partial charge in [-0.3, -0.25) is 4.79 Å². The topological polar surface area (TPSA) is 57.6 Å². The fraction of sp³-hybridized carbons (Fsp3) is 0.333. The van der Waals surface area contributed by atoms with E-state index in [1.165, 1.54) is 4.90 Å². The number of nitrogens with zero attached hydrogens (tertiary/aromatic N) is 1. The van der Waals surface area contributed by atoms with Crippen molar-refractivity contribution in [2.24, 2.45) is 0 Å². The van der Waals surface area contributed by atoms with E-state index in [1.807, 2.05) is 0 Å². The van der Waals surface area contributed by atoms with Gasteiger partial charge in [-0.1, -0.05) is 29.8 Å². The third kappa shape index (κ3) is 2.97. The molecule has 1 amide bonds. The van der Waals surface area contributed by atoms with E-state index < -0.39 is 12.0 Å². The molecular formula is C12H14ClNO3. The van der Waals surface area contributed by atoms with Gasteiger partial charge >= 0.3 is 5.97 Å². The van der Waals surface area contributed by atoms with Crippen LogP contribution >= 0.6 is 11.6 Å². The quantitative estimate of drug-likeness (QED) is 0.822. The van der Waals surface area contributed by atoms with Crippen molar-refractivity contribution < 1.29 is 14.7 Å². The van der Waals surface area contributed by atoms with E-state index in [9.17, 15) is 14.7 Å². The van der Waals surface area contributed by atoms with Crippen LogP contribution < -0.4 is 0 Å². The minimum Gasteiger partial charge on any atom is -0.479 e. The van der Waals surface area contributed by atoms with Crippen LogP contribution in [0.1, 0.15) is 25.5 Å². The monoisotopic (exact) mass is 255 g/mol. The molecule has 0 aliphatic heterocycles. The van der Waals surface area contributed by atoms with Crippen molar-refractivity contribution in [1.29, 1.82) is 0 Å². The summed E-state index contributed by atoms with van der Waals surface area (Å²) in [5, 5.41) is 9.58. The standard InChI is InChI=1S/C12H14ClNO3/c1-8(2)14(7-15)11(12(16)17)9-5-3-4-6-10(9)13/h3-8,11H,1-2H3,(H,16,17). The van der Waals surface area contributed by atoms with Gasteiger partial charge in [0, 0.05) is 16.6 Å². The number of benzene rings is 1. The second-order valence-electron chi connectivity index (χ2n) is 3.91. The van der Waals surface area contributed by atoms with Gasteiger partial charge in [0.15, 0.2) is 6.04 Å². The zero-order valence-corrected chi connectivity index (χ0v) is 10.4. The number of hydrogen-bond acceptors (Lipinski definition) is 2. The van der Waals surface area contributed by atoms with Crippen LogP contribution in [0.5, 0.6) is 0 Å². The molecule has 1 atom stereocenters. The molecular weight excluding hydrogens is 242 g/mol. The molecule has 92 valence electrons. The Kier molecular flexibility index (Phi) is 4.52. The number of carbonyl (C=O) groups excluding carboxylic acids is 1. The molecule has 0 aliphatic carbocycles. The van der Waals surface area contributed by atoms with Crippen molar-refractivity contribution in [1.82, 2.24) is 4.90 Å². The lowest BCUT2D eigenvalue weighted by molar-refractivity contribution is -0.147. The predicted octanol–water partition coefficient (Wildman–Crippen LogP) is 2.33. The molecule has 4 nitrogen and oxygen atoms in total. The first-order valence-corrected chi connectivity index (χ1v) is 5.56. The van der Waals surface area contributed by atoms with Crippen LogP contribution in [-0.2, 0) is 9.59 Å². The van der Waals surface area contributed by atoms with E-state index in [4.69, 9.17) is 11.6 Å². The molecule has 0 saturated heterocycles. The average molecular weight is 256 g/mol. The molecule has 1 aromatic carbocycles. The smallest absolute Gasteiger partial charge is 0.331 e.